The predicted molar refractivity (Wildman–Crippen MR) is 61.5 cm³/mol. The molecule has 0 rings (SSSR count). The molecule has 0 fully saturated rings. The van der Waals surface area contributed by atoms with E-state index in [2.05, 4.69) is 19.2 Å². The Balaban J connectivity index is 3.84. The molecule has 0 bridgehead atoms. The van der Waals surface area contributed by atoms with Crippen molar-refractivity contribution in [1.82, 2.24) is 5.32 Å². The van der Waals surface area contributed by atoms with Crippen LogP contribution in [0.1, 0.15) is 33.6 Å². The lowest BCUT2D eigenvalue weighted by Gasteiger charge is -2.18. The number of rotatable bonds is 7. The lowest BCUT2D eigenvalue weighted by atomic mass is 10.0. The largest absolute Gasteiger partial charge is 0.370 e. The third kappa shape index (κ3) is 6.47. The number of nitrogens with one attached hydrogen (secondary N) is 1. The Bertz CT molecular complexity index is 179. The normalized spacial score (nSPS) is 15.1. The van der Waals surface area contributed by atoms with Crippen molar-refractivity contribution in [2.45, 2.75) is 45.8 Å². The highest BCUT2D eigenvalue weighted by Crippen LogP contribution is 2.06. The first-order valence-corrected chi connectivity index (χ1v) is 5.54. The average molecular weight is 216 g/mol. The Labute approximate surface area is 92.6 Å². The summed E-state index contributed by atoms with van der Waals surface area (Å²) in [4.78, 5) is 11.5. The van der Waals surface area contributed by atoms with E-state index >= 15 is 0 Å². The van der Waals surface area contributed by atoms with Crippen LogP contribution in [0.3, 0.4) is 0 Å². The number of methoxy groups -OCH3 is 1. The summed E-state index contributed by atoms with van der Waals surface area (Å²) in [5, 5.41) is 2.89. The quantitative estimate of drug-likeness (QED) is 0.664. The van der Waals surface area contributed by atoms with E-state index in [-0.39, 0.29) is 18.5 Å². The molecule has 0 saturated carbocycles. The molecular weight excluding hydrogens is 192 g/mol. The molecule has 2 unspecified atom stereocenters. The van der Waals surface area contributed by atoms with Crippen LogP contribution in [-0.2, 0) is 9.53 Å². The second-order valence-electron chi connectivity index (χ2n) is 4.34. The van der Waals surface area contributed by atoms with Crippen LogP contribution < -0.4 is 11.1 Å². The topological polar surface area (TPSA) is 64.3 Å². The molecule has 0 aliphatic carbocycles. The zero-order valence-electron chi connectivity index (χ0n) is 10.2. The molecule has 0 saturated heterocycles. The van der Waals surface area contributed by atoms with Gasteiger partial charge < -0.3 is 15.8 Å². The summed E-state index contributed by atoms with van der Waals surface area (Å²) in [6, 6.07) is 0.184. The summed E-state index contributed by atoms with van der Waals surface area (Å²) < 4.78 is 4.95. The van der Waals surface area contributed by atoms with E-state index in [1.807, 2.05) is 6.92 Å². The van der Waals surface area contributed by atoms with E-state index in [1.54, 1.807) is 0 Å². The number of amides is 1. The van der Waals surface area contributed by atoms with Gasteiger partial charge in [0.15, 0.2) is 0 Å². The fourth-order valence-electron chi connectivity index (χ4n) is 1.30. The standard InChI is InChI=1S/C11H24N2O2/c1-8(2)5-6-9(3)13-11(14)10(7-12)15-4/h8-10H,5-7,12H2,1-4H3,(H,13,14). The molecule has 4 heteroatoms. The van der Waals surface area contributed by atoms with E-state index in [0.717, 1.165) is 12.8 Å². The molecule has 0 aliphatic rings. The Hall–Kier alpha value is -0.610. The minimum atomic E-state index is -0.522. The second-order valence-corrected chi connectivity index (χ2v) is 4.34. The van der Waals surface area contributed by atoms with Gasteiger partial charge >= 0.3 is 0 Å². The molecule has 0 aromatic rings. The Kier molecular flexibility index (Phi) is 7.34. The Morgan fingerprint density at radius 2 is 1.93 bits per heavy atom. The summed E-state index contributed by atoms with van der Waals surface area (Å²) in [6.45, 7) is 6.57. The van der Waals surface area contributed by atoms with Crippen molar-refractivity contribution in [2.75, 3.05) is 13.7 Å². The van der Waals surface area contributed by atoms with Crippen LogP contribution in [0.15, 0.2) is 0 Å². The molecule has 0 aromatic heterocycles. The van der Waals surface area contributed by atoms with Crippen LogP contribution in [0.4, 0.5) is 0 Å². The van der Waals surface area contributed by atoms with Crippen LogP contribution in [0.2, 0.25) is 0 Å². The van der Waals surface area contributed by atoms with Crippen LogP contribution in [0.5, 0.6) is 0 Å². The lowest BCUT2D eigenvalue weighted by molar-refractivity contribution is -0.131. The summed E-state index contributed by atoms with van der Waals surface area (Å²) in [6.07, 6.45) is 1.58. The fraction of sp³-hybridized carbons (Fsp3) is 0.909. The van der Waals surface area contributed by atoms with Gasteiger partial charge in [0.1, 0.15) is 6.10 Å². The highest BCUT2D eigenvalue weighted by Gasteiger charge is 2.17. The highest BCUT2D eigenvalue weighted by molar-refractivity contribution is 5.81. The van der Waals surface area contributed by atoms with Gasteiger partial charge in [0.05, 0.1) is 0 Å². The summed E-state index contributed by atoms with van der Waals surface area (Å²) in [5.41, 5.74) is 5.40. The summed E-state index contributed by atoms with van der Waals surface area (Å²) >= 11 is 0. The second kappa shape index (κ2) is 7.65. The third-order valence-corrected chi connectivity index (χ3v) is 2.36. The summed E-state index contributed by atoms with van der Waals surface area (Å²) in [5.74, 6) is 0.549. The smallest absolute Gasteiger partial charge is 0.250 e. The van der Waals surface area contributed by atoms with Crippen molar-refractivity contribution < 1.29 is 9.53 Å². The van der Waals surface area contributed by atoms with Gasteiger partial charge in [-0.1, -0.05) is 13.8 Å². The van der Waals surface area contributed by atoms with Gasteiger partial charge in [0, 0.05) is 19.7 Å². The highest BCUT2D eigenvalue weighted by atomic mass is 16.5. The molecule has 0 radical (unpaired) electrons. The zero-order chi connectivity index (χ0) is 11.8. The van der Waals surface area contributed by atoms with Crippen molar-refractivity contribution in [3.05, 3.63) is 0 Å². The average Bonchev–Trinajstić information content (AvgIpc) is 2.16. The molecule has 0 heterocycles. The van der Waals surface area contributed by atoms with Crippen LogP contribution in [0.25, 0.3) is 0 Å². The lowest BCUT2D eigenvalue weighted by Crippen LogP contribution is -2.44. The van der Waals surface area contributed by atoms with E-state index in [4.69, 9.17) is 10.5 Å². The monoisotopic (exact) mass is 216 g/mol. The molecule has 4 nitrogen and oxygen atoms in total. The van der Waals surface area contributed by atoms with Crippen molar-refractivity contribution in [1.29, 1.82) is 0 Å². The van der Waals surface area contributed by atoms with Crippen LogP contribution in [-0.4, -0.2) is 31.7 Å². The van der Waals surface area contributed by atoms with E-state index < -0.39 is 6.10 Å². The van der Waals surface area contributed by atoms with Crippen molar-refractivity contribution >= 4 is 5.91 Å². The maximum atomic E-state index is 11.5. The fourth-order valence-corrected chi connectivity index (χ4v) is 1.30. The number of carbonyl (C=O) groups excluding carboxylic acids is 1. The molecule has 0 spiro atoms. The Morgan fingerprint density at radius 3 is 2.33 bits per heavy atom. The van der Waals surface area contributed by atoms with E-state index in [0.29, 0.717) is 5.92 Å². The van der Waals surface area contributed by atoms with Crippen molar-refractivity contribution in [3.8, 4) is 0 Å². The maximum Gasteiger partial charge on any atom is 0.250 e. The number of nitrogens with two attached hydrogens (primary N) is 1. The number of hydrogen-bond donors (Lipinski definition) is 2. The van der Waals surface area contributed by atoms with Gasteiger partial charge in [-0.3, -0.25) is 4.79 Å². The van der Waals surface area contributed by atoms with Crippen molar-refractivity contribution in [2.24, 2.45) is 11.7 Å². The minimum Gasteiger partial charge on any atom is -0.370 e. The Morgan fingerprint density at radius 1 is 1.33 bits per heavy atom. The van der Waals surface area contributed by atoms with E-state index in [1.165, 1.54) is 7.11 Å². The minimum absolute atomic E-state index is 0.115. The van der Waals surface area contributed by atoms with Gasteiger partial charge in [-0.2, -0.15) is 0 Å². The van der Waals surface area contributed by atoms with Gasteiger partial charge in [-0.15, -0.1) is 0 Å². The van der Waals surface area contributed by atoms with Gasteiger partial charge in [-0.05, 0) is 25.7 Å². The molecule has 3 N–H and O–H groups in total. The first kappa shape index (κ1) is 14.4. The molecule has 15 heavy (non-hydrogen) atoms. The molecule has 2 atom stereocenters. The van der Waals surface area contributed by atoms with Crippen LogP contribution >= 0.6 is 0 Å². The van der Waals surface area contributed by atoms with E-state index in [9.17, 15) is 4.79 Å². The molecular formula is C11H24N2O2. The molecule has 1 amide bonds. The number of hydrogen-bond acceptors (Lipinski definition) is 3. The third-order valence-electron chi connectivity index (χ3n) is 2.36. The van der Waals surface area contributed by atoms with Gasteiger partial charge in [-0.25, -0.2) is 0 Å². The maximum absolute atomic E-state index is 11.5. The van der Waals surface area contributed by atoms with Gasteiger partial charge in [0.2, 0.25) is 0 Å². The predicted octanol–water partition coefficient (Wildman–Crippen LogP) is 0.901. The number of ether oxygens (including phenoxy) is 1. The molecule has 0 aliphatic heterocycles. The van der Waals surface area contributed by atoms with Gasteiger partial charge in [0.25, 0.3) is 5.91 Å². The molecule has 90 valence electrons. The first-order chi connectivity index (χ1) is 7.01. The zero-order valence-corrected chi connectivity index (χ0v) is 10.2. The SMILES string of the molecule is COC(CN)C(=O)NC(C)CCC(C)C. The van der Waals surface area contributed by atoms with Crippen molar-refractivity contribution in [3.63, 3.8) is 0 Å². The summed E-state index contributed by atoms with van der Waals surface area (Å²) in [7, 11) is 1.50. The van der Waals surface area contributed by atoms with Crippen LogP contribution in [0, 0.1) is 5.92 Å². The first-order valence-electron chi connectivity index (χ1n) is 5.54. The number of carbonyl (C=O) groups is 1. The molecule has 0 aromatic carbocycles.